The molecule has 3 heteroatoms. The van der Waals surface area contributed by atoms with Crippen LogP contribution in [0.3, 0.4) is 0 Å². The maximum Gasteiger partial charge on any atom is 0.0595 e. The fourth-order valence-electron chi connectivity index (χ4n) is 3.40. The Kier molecular flexibility index (Phi) is 4.49. The zero-order valence-corrected chi connectivity index (χ0v) is 14.7. The number of benzene rings is 2. The summed E-state index contributed by atoms with van der Waals surface area (Å²) in [6, 6.07) is 15.8. The maximum absolute atomic E-state index is 6.23. The van der Waals surface area contributed by atoms with Crippen LogP contribution < -0.4 is 0 Å². The van der Waals surface area contributed by atoms with Gasteiger partial charge in [0.15, 0.2) is 0 Å². The van der Waals surface area contributed by atoms with Gasteiger partial charge in [-0.3, -0.25) is 4.90 Å². The molecule has 0 radical (unpaired) electrons. The van der Waals surface area contributed by atoms with Gasteiger partial charge in [0.25, 0.3) is 0 Å². The second kappa shape index (κ2) is 6.23. The van der Waals surface area contributed by atoms with E-state index in [1.807, 2.05) is 12.1 Å². The van der Waals surface area contributed by atoms with E-state index in [1.54, 1.807) is 0 Å². The minimum absolute atomic E-state index is 0.386. The molecule has 1 nitrogen and oxygen atoms in total. The Hall–Kier alpha value is -1.02. The van der Waals surface area contributed by atoms with E-state index in [-0.39, 0.29) is 0 Å². The van der Waals surface area contributed by atoms with Crippen LogP contribution in [0.1, 0.15) is 48.9 Å². The minimum atomic E-state index is 0.386. The van der Waals surface area contributed by atoms with Crippen LogP contribution in [-0.2, 0) is 0 Å². The van der Waals surface area contributed by atoms with Gasteiger partial charge < -0.3 is 0 Å². The third kappa shape index (κ3) is 2.78. The molecule has 0 amide bonds. The van der Waals surface area contributed by atoms with Crippen LogP contribution in [0.15, 0.2) is 42.5 Å². The Bertz CT molecular complexity index is 681. The van der Waals surface area contributed by atoms with Crippen molar-refractivity contribution in [2.45, 2.75) is 38.3 Å². The summed E-state index contributed by atoms with van der Waals surface area (Å²) in [6.07, 6.45) is 1.09. The topological polar surface area (TPSA) is 3.24 Å². The largest absolute Gasteiger partial charge is 0.297 e. The van der Waals surface area contributed by atoms with Crippen LogP contribution in [-0.4, -0.2) is 18.0 Å². The summed E-state index contributed by atoms with van der Waals surface area (Å²) in [5.41, 5.74) is 4.11. The van der Waals surface area contributed by atoms with Gasteiger partial charge in [-0.2, -0.15) is 0 Å². The van der Waals surface area contributed by atoms with E-state index in [4.69, 9.17) is 23.2 Å². The lowest BCUT2D eigenvalue weighted by molar-refractivity contribution is 0.193. The van der Waals surface area contributed by atoms with Gasteiger partial charge in [0.05, 0.1) is 10.0 Å². The molecule has 0 spiro atoms. The van der Waals surface area contributed by atoms with E-state index in [1.165, 1.54) is 16.7 Å². The second-order valence-electron chi connectivity index (χ2n) is 6.37. The first-order valence-corrected chi connectivity index (χ1v) is 8.50. The lowest BCUT2D eigenvalue weighted by atomic mass is 9.93. The van der Waals surface area contributed by atoms with Crippen molar-refractivity contribution in [1.29, 1.82) is 0 Å². The third-order valence-corrected chi connectivity index (χ3v) is 5.58. The molecule has 2 aromatic rings. The Labute approximate surface area is 142 Å². The molecule has 116 valence electrons. The second-order valence-corrected chi connectivity index (χ2v) is 7.18. The number of hydrogen-bond donors (Lipinski definition) is 0. The highest BCUT2D eigenvalue weighted by Crippen LogP contribution is 2.47. The monoisotopic (exact) mass is 333 g/mol. The van der Waals surface area contributed by atoms with E-state index in [2.05, 4.69) is 56.1 Å². The molecule has 2 atom stereocenters. The highest BCUT2D eigenvalue weighted by atomic mass is 35.5. The van der Waals surface area contributed by atoms with Gasteiger partial charge in [-0.25, -0.2) is 0 Å². The number of halogens is 2. The first-order chi connectivity index (χ1) is 10.5. The Morgan fingerprint density at radius 1 is 1.00 bits per heavy atom. The summed E-state index contributed by atoms with van der Waals surface area (Å²) in [7, 11) is 2.21. The third-order valence-electron chi connectivity index (χ3n) is 4.84. The summed E-state index contributed by atoms with van der Waals surface area (Å²) in [6.45, 7) is 4.49. The van der Waals surface area contributed by atoms with Gasteiger partial charge in [0.2, 0.25) is 0 Å². The van der Waals surface area contributed by atoms with Gasteiger partial charge in [-0.05, 0) is 56.1 Å². The molecule has 0 aromatic heterocycles. The SMILES string of the molecule is CC(C)N(C)[C@H]1C[C@@H](c2ccc(Cl)c(Cl)c2)c2ccccc21. The lowest BCUT2D eigenvalue weighted by Crippen LogP contribution is -2.29. The lowest BCUT2D eigenvalue weighted by Gasteiger charge is -2.29. The van der Waals surface area contributed by atoms with Crippen molar-refractivity contribution >= 4 is 23.2 Å². The fourth-order valence-corrected chi connectivity index (χ4v) is 3.71. The summed E-state index contributed by atoms with van der Waals surface area (Å²) >= 11 is 12.3. The summed E-state index contributed by atoms with van der Waals surface area (Å²) in [5, 5.41) is 1.25. The van der Waals surface area contributed by atoms with Gasteiger partial charge in [0.1, 0.15) is 0 Å². The van der Waals surface area contributed by atoms with Crippen molar-refractivity contribution in [3.8, 4) is 0 Å². The van der Waals surface area contributed by atoms with Crippen LogP contribution in [0.25, 0.3) is 0 Å². The standard InChI is InChI=1S/C19H21Cl2N/c1-12(2)22(3)19-11-16(14-6-4-5-7-15(14)19)13-8-9-17(20)18(21)10-13/h4-10,12,16,19H,11H2,1-3H3/t16-,19-/m0/s1. The first-order valence-electron chi connectivity index (χ1n) is 7.74. The van der Waals surface area contributed by atoms with Crippen molar-refractivity contribution < 1.29 is 0 Å². The predicted octanol–water partition coefficient (Wildman–Crippen LogP) is 5.91. The van der Waals surface area contributed by atoms with E-state index in [0.717, 1.165) is 6.42 Å². The van der Waals surface area contributed by atoms with Gasteiger partial charge in [-0.1, -0.05) is 53.5 Å². The highest BCUT2D eigenvalue weighted by molar-refractivity contribution is 6.42. The molecule has 0 saturated carbocycles. The number of nitrogens with zero attached hydrogens (tertiary/aromatic N) is 1. The Morgan fingerprint density at radius 3 is 2.32 bits per heavy atom. The maximum atomic E-state index is 6.23. The normalized spacial score (nSPS) is 20.7. The molecule has 0 bridgehead atoms. The Morgan fingerprint density at radius 2 is 1.68 bits per heavy atom. The molecular weight excluding hydrogens is 313 g/mol. The van der Waals surface area contributed by atoms with Crippen LogP contribution in [0.4, 0.5) is 0 Å². The van der Waals surface area contributed by atoms with E-state index in [9.17, 15) is 0 Å². The quantitative estimate of drug-likeness (QED) is 0.674. The smallest absolute Gasteiger partial charge is 0.0595 e. The number of fused-ring (bicyclic) bond motifs is 1. The van der Waals surface area contributed by atoms with E-state index < -0.39 is 0 Å². The van der Waals surface area contributed by atoms with Crippen LogP contribution in [0.2, 0.25) is 10.0 Å². The van der Waals surface area contributed by atoms with Crippen LogP contribution >= 0.6 is 23.2 Å². The van der Waals surface area contributed by atoms with Gasteiger partial charge >= 0.3 is 0 Å². The molecule has 0 heterocycles. The van der Waals surface area contributed by atoms with E-state index >= 15 is 0 Å². The summed E-state index contributed by atoms with van der Waals surface area (Å²) in [4.78, 5) is 2.45. The highest BCUT2D eigenvalue weighted by Gasteiger charge is 2.34. The molecule has 0 fully saturated rings. The van der Waals surface area contributed by atoms with Crippen molar-refractivity contribution in [3.63, 3.8) is 0 Å². The molecule has 1 aliphatic rings. The molecule has 3 rings (SSSR count). The molecule has 1 aliphatic carbocycles. The summed E-state index contributed by atoms with van der Waals surface area (Å²) in [5.74, 6) is 0.386. The zero-order chi connectivity index (χ0) is 15.9. The van der Waals surface area contributed by atoms with Gasteiger partial charge in [-0.15, -0.1) is 0 Å². The molecule has 0 unspecified atom stereocenters. The number of hydrogen-bond acceptors (Lipinski definition) is 1. The van der Waals surface area contributed by atoms with Crippen molar-refractivity contribution in [3.05, 3.63) is 69.2 Å². The molecular formula is C19H21Cl2N. The zero-order valence-electron chi connectivity index (χ0n) is 13.2. The summed E-state index contributed by atoms with van der Waals surface area (Å²) < 4.78 is 0. The molecule has 2 aromatic carbocycles. The van der Waals surface area contributed by atoms with Crippen LogP contribution in [0, 0.1) is 0 Å². The molecule has 0 N–H and O–H groups in total. The first kappa shape index (κ1) is 15.9. The van der Waals surface area contributed by atoms with Crippen molar-refractivity contribution in [2.24, 2.45) is 0 Å². The molecule has 22 heavy (non-hydrogen) atoms. The van der Waals surface area contributed by atoms with Gasteiger partial charge in [0, 0.05) is 18.0 Å². The van der Waals surface area contributed by atoms with Crippen molar-refractivity contribution in [1.82, 2.24) is 4.90 Å². The molecule has 0 saturated heterocycles. The fraction of sp³-hybridized carbons (Fsp3) is 0.368. The van der Waals surface area contributed by atoms with E-state index in [0.29, 0.717) is 28.0 Å². The van der Waals surface area contributed by atoms with Crippen molar-refractivity contribution in [2.75, 3.05) is 7.05 Å². The number of rotatable bonds is 3. The van der Waals surface area contributed by atoms with Crippen LogP contribution in [0.5, 0.6) is 0 Å². The Balaban J connectivity index is 2.02. The average Bonchev–Trinajstić information content (AvgIpc) is 2.89. The predicted molar refractivity (Wildman–Crippen MR) is 95.0 cm³/mol. The minimum Gasteiger partial charge on any atom is -0.297 e. The average molecular weight is 334 g/mol. The molecule has 0 aliphatic heterocycles.